The number of halogens is 2. The molecule has 3 N–H and O–H groups in total. The third-order valence-corrected chi connectivity index (χ3v) is 4.93. The van der Waals surface area contributed by atoms with Crippen LogP contribution in [0.5, 0.6) is 0 Å². The molecule has 0 bridgehead atoms. The van der Waals surface area contributed by atoms with Crippen molar-refractivity contribution in [2.45, 2.75) is 37.6 Å². The Kier molecular flexibility index (Phi) is 7.38. The van der Waals surface area contributed by atoms with Gasteiger partial charge in [-0.25, -0.2) is 4.98 Å². The molecular formula is C12H22Cl2N4OS. The molecular weight excluding hydrogens is 319 g/mol. The number of aromatic nitrogens is 2. The van der Waals surface area contributed by atoms with Gasteiger partial charge in [0.25, 0.3) is 0 Å². The summed E-state index contributed by atoms with van der Waals surface area (Å²) in [7, 11) is 0. The van der Waals surface area contributed by atoms with E-state index in [9.17, 15) is 4.79 Å². The predicted molar refractivity (Wildman–Crippen MR) is 87.8 cm³/mol. The minimum absolute atomic E-state index is 0. The van der Waals surface area contributed by atoms with E-state index in [4.69, 9.17) is 5.73 Å². The summed E-state index contributed by atoms with van der Waals surface area (Å²) in [6.45, 7) is 5.30. The number of rotatable bonds is 3. The van der Waals surface area contributed by atoms with Crippen LogP contribution in [-0.2, 0) is 17.8 Å². The van der Waals surface area contributed by atoms with Crippen LogP contribution >= 0.6 is 36.6 Å². The number of hydrogen-bond acceptors (Lipinski definition) is 4. The second kappa shape index (κ2) is 7.54. The van der Waals surface area contributed by atoms with Gasteiger partial charge >= 0.3 is 0 Å². The molecule has 116 valence electrons. The molecule has 1 aliphatic heterocycles. The van der Waals surface area contributed by atoms with E-state index >= 15 is 0 Å². The van der Waals surface area contributed by atoms with E-state index in [2.05, 4.69) is 9.97 Å². The third-order valence-electron chi connectivity index (χ3n) is 3.63. The molecule has 0 saturated heterocycles. The standard InChI is InChI=1S/C12H20N4OS.2ClH/c1-12(2,18-3)10(13)11(17)16-5-4-8-9(6-16)15-7-14-8;;/h7,10H,4-6,13H2,1-3H3,(H,14,15);2*1H/t10-;;/m1../s1. The minimum atomic E-state index is -0.475. The molecule has 1 aliphatic rings. The summed E-state index contributed by atoms with van der Waals surface area (Å²) in [5.74, 6) is 0.0228. The van der Waals surface area contributed by atoms with Crippen molar-refractivity contribution in [2.75, 3.05) is 12.8 Å². The quantitative estimate of drug-likeness (QED) is 0.876. The number of nitrogens with zero attached hydrogens (tertiary/aromatic N) is 2. The van der Waals surface area contributed by atoms with Crippen LogP contribution in [0.4, 0.5) is 0 Å². The van der Waals surface area contributed by atoms with Gasteiger partial charge in [-0.1, -0.05) is 0 Å². The zero-order chi connectivity index (χ0) is 13.3. The molecule has 1 amide bonds. The maximum Gasteiger partial charge on any atom is 0.241 e. The number of hydrogen-bond donors (Lipinski definition) is 2. The maximum absolute atomic E-state index is 12.4. The third kappa shape index (κ3) is 3.81. The van der Waals surface area contributed by atoms with Crippen molar-refractivity contribution < 1.29 is 4.79 Å². The van der Waals surface area contributed by atoms with Gasteiger partial charge in [0.15, 0.2) is 0 Å². The van der Waals surface area contributed by atoms with Crippen LogP contribution < -0.4 is 5.73 Å². The molecule has 0 spiro atoms. The van der Waals surface area contributed by atoms with Crippen molar-refractivity contribution in [2.24, 2.45) is 5.73 Å². The fraction of sp³-hybridized carbons (Fsp3) is 0.667. The first kappa shape index (κ1) is 19.6. The molecule has 2 heterocycles. The van der Waals surface area contributed by atoms with E-state index in [-0.39, 0.29) is 35.5 Å². The second-order valence-electron chi connectivity index (χ2n) is 5.12. The highest BCUT2D eigenvalue weighted by Gasteiger charge is 2.35. The Bertz CT molecular complexity index is 452. The Labute approximate surface area is 136 Å². The number of H-pyrrole nitrogens is 1. The molecule has 2 rings (SSSR count). The molecule has 8 heteroatoms. The van der Waals surface area contributed by atoms with Crippen LogP contribution in [0.2, 0.25) is 0 Å². The topological polar surface area (TPSA) is 75.0 Å². The van der Waals surface area contributed by atoms with E-state index in [0.717, 1.165) is 17.8 Å². The van der Waals surface area contributed by atoms with Crippen molar-refractivity contribution in [1.82, 2.24) is 14.9 Å². The van der Waals surface area contributed by atoms with Crippen molar-refractivity contribution >= 4 is 42.5 Å². The SMILES string of the molecule is CSC(C)(C)[C@H](N)C(=O)N1CCc2nc[nH]c2C1.Cl.Cl. The fourth-order valence-electron chi connectivity index (χ4n) is 2.02. The smallest absolute Gasteiger partial charge is 0.241 e. The summed E-state index contributed by atoms with van der Waals surface area (Å²) in [6, 6.07) is -0.475. The molecule has 0 aromatic carbocycles. The van der Waals surface area contributed by atoms with E-state index in [0.29, 0.717) is 13.1 Å². The fourth-order valence-corrected chi connectivity index (χ4v) is 2.38. The van der Waals surface area contributed by atoms with Crippen molar-refractivity contribution in [3.05, 3.63) is 17.7 Å². The van der Waals surface area contributed by atoms with Crippen LogP contribution in [0.3, 0.4) is 0 Å². The average Bonchev–Trinajstić information content (AvgIpc) is 2.84. The van der Waals surface area contributed by atoms with Gasteiger partial charge in [-0.15, -0.1) is 24.8 Å². The van der Waals surface area contributed by atoms with Gasteiger partial charge in [0, 0.05) is 17.7 Å². The Morgan fingerprint density at radius 3 is 2.80 bits per heavy atom. The molecule has 5 nitrogen and oxygen atoms in total. The molecule has 1 aromatic rings. The zero-order valence-electron chi connectivity index (χ0n) is 11.9. The number of imidazole rings is 1. The number of nitrogens with two attached hydrogens (primary N) is 1. The zero-order valence-corrected chi connectivity index (χ0v) is 14.3. The number of nitrogens with one attached hydrogen (secondary N) is 1. The highest BCUT2D eigenvalue weighted by atomic mass is 35.5. The van der Waals surface area contributed by atoms with Crippen LogP contribution in [-0.4, -0.2) is 44.4 Å². The minimum Gasteiger partial charge on any atom is -0.347 e. The molecule has 0 saturated carbocycles. The van der Waals surface area contributed by atoms with Gasteiger partial charge in [0.2, 0.25) is 5.91 Å². The maximum atomic E-state index is 12.4. The first-order valence-electron chi connectivity index (χ1n) is 6.06. The monoisotopic (exact) mass is 340 g/mol. The molecule has 1 aromatic heterocycles. The lowest BCUT2D eigenvalue weighted by atomic mass is 10.0. The van der Waals surface area contributed by atoms with E-state index in [1.807, 2.05) is 25.0 Å². The highest BCUT2D eigenvalue weighted by molar-refractivity contribution is 8.00. The largest absolute Gasteiger partial charge is 0.347 e. The normalized spacial score (nSPS) is 15.7. The van der Waals surface area contributed by atoms with Crippen LogP contribution in [0.25, 0.3) is 0 Å². The number of thioether (sulfide) groups is 1. The van der Waals surface area contributed by atoms with Crippen molar-refractivity contribution in [3.8, 4) is 0 Å². The van der Waals surface area contributed by atoms with Gasteiger partial charge in [0.1, 0.15) is 0 Å². The van der Waals surface area contributed by atoms with Gasteiger partial charge in [-0.3, -0.25) is 4.79 Å². The Balaban J connectivity index is 0.00000180. The van der Waals surface area contributed by atoms with Crippen molar-refractivity contribution in [1.29, 1.82) is 0 Å². The van der Waals surface area contributed by atoms with Crippen LogP contribution in [0.15, 0.2) is 6.33 Å². The number of amides is 1. The highest BCUT2D eigenvalue weighted by Crippen LogP contribution is 2.26. The lowest BCUT2D eigenvalue weighted by molar-refractivity contribution is -0.134. The molecule has 0 aliphatic carbocycles. The lowest BCUT2D eigenvalue weighted by Gasteiger charge is -2.34. The summed E-state index contributed by atoms with van der Waals surface area (Å²) in [6.07, 6.45) is 4.47. The van der Waals surface area contributed by atoms with Gasteiger partial charge < -0.3 is 15.6 Å². The second-order valence-corrected chi connectivity index (χ2v) is 6.58. The number of carbonyl (C=O) groups excluding carboxylic acids is 1. The number of aromatic amines is 1. The van der Waals surface area contributed by atoms with Crippen molar-refractivity contribution in [3.63, 3.8) is 0 Å². The predicted octanol–water partition coefficient (Wildman–Crippen LogP) is 1.61. The molecule has 1 atom stereocenters. The van der Waals surface area contributed by atoms with Crippen LogP contribution in [0.1, 0.15) is 25.2 Å². The molecule has 0 radical (unpaired) electrons. The summed E-state index contributed by atoms with van der Waals surface area (Å²) >= 11 is 1.62. The Morgan fingerprint density at radius 2 is 2.20 bits per heavy atom. The average molecular weight is 341 g/mol. The van der Waals surface area contributed by atoms with Gasteiger partial charge in [-0.05, 0) is 20.1 Å². The Hall–Kier alpha value is -0.430. The van der Waals surface area contributed by atoms with E-state index < -0.39 is 6.04 Å². The van der Waals surface area contributed by atoms with Gasteiger partial charge in [-0.2, -0.15) is 11.8 Å². The number of carbonyl (C=O) groups is 1. The van der Waals surface area contributed by atoms with E-state index in [1.165, 1.54) is 0 Å². The molecule has 0 unspecified atom stereocenters. The summed E-state index contributed by atoms with van der Waals surface area (Å²) in [5, 5.41) is 0. The first-order chi connectivity index (χ1) is 8.45. The summed E-state index contributed by atoms with van der Waals surface area (Å²) < 4.78 is -0.245. The summed E-state index contributed by atoms with van der Waals surface area (Å²) in [4.78, 5) is 21.5. The van der Waals surface area contributed by atoms with E-state index in [1.54, 1.807) is 18.1 Å². The lowest BCUT2D eigenvalue weighted by Crippen LogP contribution is -2.54. The van der Waals surface area contributed by atoms with Gasteiger partial charge in [0.05, 0.1) is 30.3 Å². The summed E-state index contributed by atoms with van der Waals surface area (Å²) in [5.41, 5.74) is 8.19. The number of fused-ring (bicyclic) bond motifs is 1. The van der Waals surface area contributed by atoms with Crippen LogP contribution in [0, 0.1) is 0 Å². The molecule has 20 heavy (non-hydrogen) atoms. The molecule has 0 fully saturated rings. The first-order valence-corrected chi connectivity index (χ1v) is 7.29. The Morgan fingerprint density at radius 1 is 1.55 bits per heavy atom.